The van der Waals surface area contributed by atoms with Crippen molar-refractivity contribution in [3.05, 3.63) is 82.9 Å². The summed E-state index contributed by atoms with van der Waals surface area (Å²) in [5.74, 6) is 1.20. The van der Waals surface area contributed by atoms with E-state index in [-0.39, 0.29) is 12.6 Å². The van der Waals surface area contributed by atoms with Crippen molar-refractivity contribution < 1.29 is 14.3 Å². The van der Waals surface area contributed by atoms with Gasteiger partial charge in [-0.2, -0.15) is 19.9 Å². The average Bonchev–Trinajstić information content (AvgIpc) is 3.46. The van der Waals surface area contributed by atoms with Crippen LogP contribution in [-0.2, 0) is 4.79 Å². The van der Waals surface area contributed by atoms with Gasteiger partial charge in [0, 0.05) is 6.07 Å². The van der Waals surface area contributed by atoms with Gasteiger partial charge in [0.05, 0.1) is 19.0 Å². The zero-order valence-corrected chi connectivity index (χ0v) is 18.9. The van der Waals surface area contributed by atoms with E-state index in [9.17, 15) is 9.59 Å². The van der Waals surface area contributed by atoms with Crippen molar-refractivity contribution in [3.63, 3.8) is 0 Å². The molecule has 2 aromatic carbocycles. The third-order valence-corrected chi connectivity index (χ3v) is 5.15. The topological polar surface area (TPSA) is 129 Å². The van der Waals surface area contributed by atoms with Gasteiger partial charge in [-0.3, -0.25) is 14.6 Å². The van der Waals surface area contributed by atoms with Gasteiger partial charge in [-0.25, -0.2) is 4.68 Å². The van der Waals surface area contributed by atoms with E-state index in [0.29, 0.717) is 39.7 Å². The van der Waals surface area contributed by atoms with Gasteiger partial charge in [0.2, 0.25) is 5.95 Å². The number of ether oxygens (including phenoxy) is 2. The normalized spacial score (nSPS) is 10.9. The first-order valence-corrected chi connectivity index (χ1v) is 10.7. The molecular formula is C24H21N7O4. The van der Waals surface area contributed by atoms with Crippen LogP contribution in [0.25, 0.3) is 22.7 Å². The maximum absolute atomic E-state index is 12.8. The van der Waals surface area contributed by atoms with Crippen LogP contribution in [0.15, 0.2) is 71.7 Å². The summed E-state index contributed by atoms with van der Waals surface area (Å²) in [6.07, 6.45) is 1.44. The van der Waals surface area contributed by atoms with Gasteiger partial charge in [-0.15, -0.1) is 0 Å². The Hall–Kier alpha value is -4.93. The highest BCUT2D eigenvalue weighted by molar-refractivity contribution is 5.91. The molecule has 0 spiro atoms. The Labute approximate surface area is 198 Å². The first-order chi connectivity index (χ1) is 17.0. The Morgan fingerprint density at radius 3 is 2.66 bits per heavy atom. The molecule has 1 amide bonds. The first-order valence-electron chi connectivity index (χ1n) is 10.7. The largest absolute Gasteiger partial charge is 0.494 e. The van der Waals surface area contributed by atoms with Gasteiger partial charge in [-0.1, -0.05) is 30.3 Å². The highest BCUT2D eigenvalue weighted by Gasteiger charge is 2.18. The number of para-hydroxylation sites is 3. The molecule has 0 atom stereocenters. The van der Waals surface area contributed by atoms with Gasteiger partial charge < -0.3 is 14.8 Å². The summed E-state index contributed by atoms with van der Waals surface area (Å²) in [7, 11) is 1.55. The molecular weight excluding hydrogens is 450 g/mol. The fourth-order valence-corrected chi connectivity index (χ4v) is 3.58. The summed E-state index contributed by atoms with van der Waals surface area (Å²) >= 11 is 0. The zero-order chi connectivity index (χ0) is 24.4. The number of nitrogens with one attached hydrogen (secondary N) is 2. The third kappa shape index (κ3) is 4.34. The monoisotopic (exact) mass is 471 g/mol. The third-order valence-electron chi connectivity index (χ3n) is 5.15. The molecule has 0 aliphatic heterocycles. The van der Waals surface area contributed by atoms with Crippen molar-refractivity contribution in [2.24, 2.45) is 0 Å². The van der Waals surface area contributed by atoms with Crippen LogP contribution in [0.3, 0.4) is 0 Å². The number of methoxy groups -OCH3 is 1. The van der Waals surface area contributed by atoms with Crippen LogP contribution in [0.2, 0.25) is 0 Å². The minimum absolute atomic E-state index is 0.117. The standard InChI is InChI=1S/C24H21N7O4/c1-15-12-20(26-21(32)14-35-16-8-4-3-5-9-16)31(29-15)24-27-22-17(23(33)28-24)13-25-30(22)18-10-6-7-11-19(18)34-2/h3-13H,14H2,1-2H3,(H,26,32)(H,27,28,33). The number of benzene rings is 2. The van der Waals surface area contributed by atoms with Gasteiger partial charge >= 0.3 is 0 Å². The number of fused-ring (bicyclic) bond motifs is 1. The Bertz CT molecular complexity index is 1570. The number of nitrogens with zero attached hydrogens (tertiary/aromatic N) is 5. The van der Waals surface area contributed by atoms with Crippen molar-refractivity contribution >= 4 is 22.8 Å². The molecule has 5 rings (SSSR count). The molecule has 0 unspecified atom stereocenters. The minimum Gasteiger partial charge on any atom is -0.494 e. The van der Waals surface area contributed by atoms with Crippen molar-refractivity contribution in [1.29, 1.82) is 0 Å². The van der Waals surface area contributed by atoms with Crippen molar-refractivity contribution in [1.82, 2.24) is 29.5 Å². The molecule has 5 aromatic rings. The number of carbonyl (C=O) groups excluding carboxylic acids is 1. The van der Waals surface area contributed by atoms with Crippen molar-refractivity contribution in [2.45, 2.75) is 6.92 Å². The molecule has 11 nitrogen and oxygen atoms in total. The van der Waals surface area contributed by atoms with E-state index in [2.05, 4.69) is 25.5 Å². The number of hydrogen-bond acceptors (Lipinski definition) is 7. The summed E-state index contributed by atoms with van der Waals surface area (Å²) in [6, 6.07) is 18.0. The molecule has 3 aromatic heterocycles. The zero-order valence-electron chi connectivity index (χ0n) is 18.9. The lowest BCUT2D eigenvalue weighted by Crippen LogP contribution is -2.23. The summed E-state index contributed by atoms with van der Waals surface area (Å²) in [6.45, 7) is 1.57. The molecule has 2 N–H and O–H groups in total. The second kappa shape index (κ2) is 9.14. The molecule has 11 heteroatoms. The second-order valence-electron chi connectivity index (χ2n) is 7.59. The minimum atomic E-state index is -0.399. The molecule has 3 heterocycles. The average molecular weight is 471 g/mol. The highest BCUT2D eigenvalue weighted by Crippen LogP contribution is 2.24. The van der Waals surface area contributed by atoms with Gasteiger partial charge in [0.15, 0.2) is 12.3 Å². The van der Waals surface area contributed by atoms with Crippen LogP contribution in [-0.4, -0.2) is 49.2 Å². The van der Waals surface area contributed by atoms with E-state index in [0.717, 1.165) is 0 Å². The lowest BCUT2D eigenvalue weighted by atomic mass is 10.3. The number of H-pyrrole nitrogens is 1. The van der Waals surface area contributed by atoms with Gasteiger partial charge in [-0.05, 0) is 31.2 Å². The molecule has 35 heavy (non-hydrogen) atoms. The van der Waals surface area contributed by atoms with Gasteiger partial charge in [0.25, 0.3) is 11.5 Å². The van der Waals surface area contributed by atoms with Crippen LogP contribution in [0, 0.1) is 6.92 Å². The second-order valence-corrected chi connectivity index (χ2v) is 7.59. The van der Waals surface area contributed by atoms with Crippen molar-refractivity contribution in [2.75, 3.05) is 19.0 Å². The number of rotatable bonds is 7. The molecule has 0 saturated carbocycles. The number of amides is 1. The highest BCUT2D eigenvalue weighted by atomic mass is 16.5. The van der Waals surface area contributed by atoms with E-state index in [4.69, 9.17) is 9.47 Å². The van der Waals surface area contributed by atoms with Gasteiger partial charge in [0.1, 0.15) is 28.4 Å². The molecule has 176 valence electrons. The van der Waals surface area contributed by atoms with E-state index >= 15 is 0 Å². The Balaban J connectivity index is 1.49. The number of carbonyl (C=O) groups is 1. The van der Waals surface area contributed by atoms with E-state index in [1.54, 1.807) is 38.3 Å². The number of anilines is 1. The Kier molecular flexibility index (Phi) is 5.71. The number of aryl methyl sites for hydroxylation is 1. The summed E-state index contributed by atoms with van der Waals surface area (Å²) in [4.78, 5) is 32.7. The van der Waals surface area contributed by atoms with E-state index < -0.39 is 11.5 Å². The van der Waals surface area contributed by atoms with Crippen LogP contribution >= 0.6 is 0 Å². The molecule has 0 bridgehead atoms. The number of hydrogen-bond donors (Lipinski definition) is 2. The smallest absolute Gasteiger partial charge is 0.263 e. The molecule has 0 radical (unpaired) electrons. The fourth-order valence-electron chi connectivity index (χ4n) is 3.58. The predicted molar refractivity (Wildman–Crippen MR) is 128 cm³/mol. The Morgan fingerprint density at radius 2 is 1.86 bits per heavy atom. The quantitative estimate of drug-likeness (QED) is 0.373. The maximum Gasteiger partial charge on any atom is 0.263 e. The van der Waals surface area contributed by atoms with Crippen LogP contribution < -0.4 is 20.3 Å². The van der Waals surface area contributed by atoms with Crippen LogP contribution in [0.1, 0.15) is 5.69 Å². The summed E-state index contributed by atoms with van der Waals surface area (Å²) < 4.78 is 13.8. The van der Waals surface area contributed by atoms with E-state index in [1.165, 1.54) is 15.6 Å². The SMILES string of the molecule is COc1ccccc1-n1ncc2c(=O)[nH]c(-n3nc(C)cc3NC(=O)COc3ccccc3)nc21. The van der Waals surface area contributed by atoms with E-state index in [1.807, 2.05) is 36.4 Å². The lowest BCUT2D eigenvalue weighted by Gasteiger charge is -2.11. The fraction of sp³-hybridized carbons (Fsp3) is 0.125. The molecule has 0 fully saturated rings. The lowest BCUT2D eigenvalue weighted by molar-refractivity contribution is -0.118. The maximum atomic E-state index is 12.8. The number of aromatic amines is 1. The van der Waals surface area contributed by atoms with Crippen LogP contribution in [0.5, 0.6) is 11.5 Å². The molecule has 0 aliphatic carbocycles. The molecule has 0 saturated heterocycles. The molecule has 0 aliphatic rings. The Morgan fingerprint density at radius 1 is 1.09 bits per heavy atom. The first kappa shape index (κ1) is 21.9. The van der Waals surface area contributed by atoms with Crippen molar-refractivity contribution in [3.8, 4) is 23.1 Å². The predicted octanol–water partition coefficient (Wildman–Crippen LogP) is 2.63. The summed E-state index contributed by atoms with van der Waals surface area (Å²) in [5, 5.41) is 11.8. The van der Waals surface area contributed by atoms with Crippen LogP contribution in [0.4, 0.5) is 5.82 Å². The number of aromatic nitrogens is 6. The summed E-state index contributed by atoms with van der Waals surface area (Å²) in [5.41, 5.74) is 1.15.